The molecule has 21 heavy (non-hydrogen) atoms. The maximum Gasteiger partial charge on any atom is 0.310 e. The fourth-order valence-corrected chi connectivity index (χ4v) is 2.43. The molecule has 0 amide bonds. The fraction of sp³-hybridized carbons (Fsp3) is 0.588. The smallest absolute Gasteiger partial charge is 0.310 e. The number of nitrogens with one attached hydrogen (secondary N) is 1. The minimum atomic E-state index is -0.160. The van der Waals surface area contributed by atoms with Crippen molar-refractivity contribution in [3.8, 4) is 0 Å². The Hall–Kier alpha value is -1.39. The highest BCUT2D eigenvalue weighted by Crippen LogP contribution is 2.18. The first-order chi connectivity index (χ1) is 10.1. The maximum atomic E-state index is 12.0. The molecule has 1 fully saturated rings. The van der Waals surface area contributed by atoms with Crippen LogP contribution in [0.5, 0.6) is 0 Å². The summed E-state index contributed by atoms with van der Waals surface area (Å²) < 4.78 is 10.9. The molecule has 1 heterocycles. The van der Waals surface area contributed by atoms with Crippen LogP contribution in [0.4, 0.5) is 0 Å². The molecule has 0 aliphatic carbocycles. The van der Waals surface area contributed by atoms with Crippen molar-refractivity contribution < 1.29 is 14.3 Å². The van der Waals surface area contributed by atoms with Crippen LogP contribution >= 0.6 is 0 Å². The van der Waals surface area contributed by atoms with Gasteiger partial charge in [0.2, 0.25) is 0 Å². The van der Waals surface area contributed by atoms with Gasteiger partial charge in [0.05, 0.1) is 12.5 Å². The molecular weight excluding hydrogens is 266 g/mol. The second-order valence-electron chi connectivity index (χ2n) is 6.09. The number of carbonyl (C=O) groups excluding carboxylic acids is 1. The summed E-state index contributed by atoms with van der Waals surface area (Å²) >= 11 is 0. The highest BCUT2D eigenvalue weighted by molar-refractivity contribution is 5.72. The van der Waals surface area contributed by atoms with E-state index in [1.807, 2.05) is 37.3 Å². The first kappa shape index (κ1) is 16.0. The van der Waals surface area contributed by atoms with Crippen LogP contribution in [0.25, 0.3) is 0 Å². The number of hydrogen-bond acceptors (Lipinski definition) is 4. The summed E-state index contributed by atoms with van der Waals surface area (Å²) in [6, 6.07) is 9.74. The third kappa shape index (κ3) is 5.14. The Bertz CT molecular complexity index is 441. The number of carbonyl (C=O) groups is 1. The first-order valence-corrected chi connectivity index (χ1v) is 7.62. The van der Waals surface area contributed by atoms with Gasteiger partial charge in [0.15, 0.2) is 0 Å². The van der Waals surface area contributed by atoms with Crippen LogP contribution in [0, 0.1) is 5.92 Å². The average molecular weight is 291 g/mol. The Morgan fingerprint density at radius 3 is 2.86 bits per heavy atom. The molecule has 1 aromatic rings. The van der Waals surface area contributed by atoms with Gasteiger partial charge in [0, 0.05) is 18.7 Å². The lowest BCUT2D eigenvalue weighted by Gasteiger charge is -2.35. The Labute approximate surface area is 126 Å². The molecule has 1 N–H and O–H groups in total. The third-order valence-corrected chi connectivity index (χ3v) is 3.90. The standard InChI is InChI=1S/C17H25NO3/c1-14(11-18-17(2)9-6-10-20-13-17)16(19)21-12-15-7-4-3-5-8-15/h3-5,7-8,14,18H,6,9-13H2,1-2H3. The van der Waals surface area contributed by atoms with Gasteiger partial charge in [-0.3, -0.25) is 4.79 Å². The lowest BCUT2D eigenvalue weighted by molar-refractivity contribution is -0.149. The van der Waals surface area contributed by atoms with Gasteiger partial charge in [-0.25, -0.2) is 0 Å². The molecule has 0 bridgehead atoms. The van der Waals surface area contributed by atoms with Crippen molar-refractivity contribution >= 4 is 5.97 Å². The predicted octanol–water partition coefficient (Wildman–Crippen LogP) is 2.52. The van der Waals surface area contributed by atoms with Gasteiger partial charge in [-0.05, 0) is 25.3 Å². The predicted molar refractivity (Wildman–Crippen MR) is 81.9 cm³/mol. The largest absolute Gasteiger partial charge is 0.461 e. The van der Waals surface area contributed by atoms with Crippen molar-refractivity contribution in [1.29, 1.82) is 0 Å². The van der Waals surface area contributed by atoms with Crippen LogP contribution in [0.15, 0.2) is 30.3 Å². The van der Waals surface area contributed by atoms with Crippen LogP contribution in [0.3, 0.4) is 0 Å². The van der Waals surface area contributed by atoms with Crippen LogP contribution in [-0.4, -0.2) is 31.3 Å². The normalized spacial score (nSPS) is 23.5. The van der Waals surface area contributed by atoms with Crippen molar-refractivity contribution in [2.45, 2.75) is 38.8 Å². The SMILES string of the molecule is CC(CNC1(C)CCCOC1)C(=O)OCc1ccccc1. The number of ether oxygens (including phenoxy) is 2. The second kappa shape index (κ2) is 7.57. The Morgan fingerprint density at radius 2 is 2.19 bits per heavy atom. The lowest BCUT2D eigenvalue weighted by Crippen LogP contribution is -2.50. The molecule has 1 aromatic carbocycles. The van der Waals surface area contributed by atoms with Gasteiger partial charge in [-0.1, -0.05) is 37.3 Å². The van der Waals surface area contributed by atoms with Gasteiger partial charge in [-0.15, -0.1) is 0 Å². The molecule has 1 saturated heterocycles. The number of hydrogen-bond donors (Lipinski definition) is 1. The average Bonchev–Trinajstić information content (AvgIpc) is 2.52. The molecule has 0 radical (unpaired) electrons. The maximum absolute atomic E-state index is 12.0. The van der Waals surface area contributed by atoms with E-state index in [2.05, 4.69) is 12.2 Å². The summed E-state index contributed by atoms with van der Waals surface area (Å²) in [6.07, 6.45) is 2.15. The van der Waals surface area contributed by atoms with Gasteiger partial charge < -0.3 is 14.8 Å². The van der Waals surface area contributed by atoms with E-state index in [0.717, 1.165) is 25.0 Å². The number of benzene rings is 1. The molecule has 2 unspecified atom stereocenters. The van der Waals surface area contributed by atoms with E-state index in [4.69, 9.17) is 9.47 Å². The summed E-state index contributed by atoms with van der Waals surface area (Å²) in [7, 11) is 0. The van der Waals surface area contributed by atoms with Crippen molar-refractivity contribution in [3.05, 3.63) is 35.9 Å². The van der Waals surface area contributed by atoms with Crippen molar-refractivity contribution in [1.82, 2.24) is 5.32 Å². The van der Waals surface area contributed by atoms with Gasteiger partial charge in [0.1, 0.15) is 6.61 Å². The van der Waals surface area contributed by atoms with Crippen molar-refractivity contribution in [2.24, 2.45) is 5.92 Å². The molecule has 4 heteroatoms. The molecule has 4 nitrogen and oxygen atoms in total. The molecule has 0 aromatic heterocycles. The van der Waals surface area contributed by atoms with Crippen LogP contribution in [-0.2, 0) is 20.9 Å². The zero-order valence-electron chi connectivity index (χ0n) is 12.9. The van der Waals surface area contributed by atoms with Crippen molar-refractivity contribution in [3.63, 3.8) is 0 Å². The van der Waals surface area contributed by atoms with Gasteiger partial charge >= 0.3 is 5.97 Å². The summed E-state index contributed by atoms with van der Waals surface area (Å²) in [5.74, 6) is -0.320. The van der Waals surface area contributed by atoms with E-state index < -0.39 is 0 Å². The zero-order chi connectivity index (χ0) is 15.1. The summed E-state index contributed by atoms with van der Waals surface area (Å²) in [6.45, 7) is 6.55. The molecule has 116 valence electrons. The molecule has 0 spiro atoms. The monoisotopic (exact) mass is 291 g/mol. The van der Waals surface area contributed by atoms with Crippen molar-refractivity contribution in [2.75, 3.05) is 19.8 Å². The Kier molecular flexibility index (Phi) is 5.76. The second-order valence-corrected chi connectivity index (χ2v) is 6.09. The van der Waals surface area contributed by atoms with Crippen LogP contribution < -0.4 is 5.32 Å². The van der Waals surface area contributed by atoms with Crippen LogP contribution in [0.2, 0.25) is 0 Å². The van der Waals surface area contributed by atoms with E-state index in [-0.39, 0.29) is 17.4 Å². The van der Waals surface area contributed by atoms with E-state index >= 15 is 0 Å². The first-order valence-electron chi connectivity index (χ1n) is 7.62. The highest BCUT2D eigenvalue weighted by Gasteiger charge is 2.28. The molecular formula is C17H25NO3. The number of rotatable bonds is 6. The van der Waals surface area contributed by atoms with E-state index in [1.54, 1.807) is 0 Å². The summed E-state index contributed by atoms with van der Waals surface area (Å²) in [4.78, 5) is 12.0. The summed E-state index contributed by atoms with van der Waals surface area (Å²) in [5, 5.41) is 3.45. The zero-order valence-corrected chi connectivity index (χ0v) is 12.9. The molecule has 0 saturated carbocycles. The molecule has 1 aliphatic heterocycles. The third-order valence-electron chi connectivity index (χ3n) is 3.90. The quantitative estimate of drug-likeness (QED) is 0.818. The molecule has 1 aliphatic rings. The lowest BCUT2D eigenvalue weighted by atomic mass is 9.94. The fourth-order valence-electron chi connectivity index (χ4n) is 2.43. The molecule has 2 rings (SSSR count). The minimum absolute atomic E-state index is 0.0216. The van der Waals surface area contributed by atoms with E-state index in [1.165, 1.54) is 0 Å². The van der Waals surface area contributed by atoms with Crippen LogP contribution in [0.1, 0.15) is 32.3 Å². The van der Waals surface area contributed by atoms with E-state index in [0.29, 0.717) is 19.8 Å². The minimum Gasteiger partial charge on any atom is -0.461 e. The summed E-state index contributed by atoms with van der Waals surface area (Å²) in [5.41, 5.74) is 0.991. The van der Waals surface area contributed by atoms with E-state index in [9.17, 15) is 4.79 Å². The molecule has 2 atom stereocenters. The number of esters is 1. The Morgan fingerprint density at radius 1 is 1.43 bits per heavy atom. The van der Waals surface area contributed by atoms with Gasteiger partial charge in [0.25, 0.3) is 0 Å². The topological polar surface area (TPSA) is 47.6 Å². The highest BCUT2D eigenvalue weighted by atomic mass is 16.5. The Balaban J connectivity index is 1.72. The van der Waals surface area contributed by atoms with Gasteiger partial charge in [-0.2, -0.15) is 0 Å².